The molecule has 0 fully saturated rings. The van der Waals surface area contributed by atoms with Crippen molar-refractivity contribution in [2.45, 2.75) is 65.6 Å². The Morgan fingerprint density at radius 3 is 1.91 bits per heavy atom. The first-order valence-corrected chi connectivity index (χ1v) is 10.3. The van der Waals surface area contributed by atoms with Crippen LogP contribution in [0.2, 0.25) is 0 Å². The van der Waals surface area contributed by atoms with E-state index in [1.165, 1.54) is 0 Å². The van der Waals surface area contributed by atoms with E-state index in [-0.39, 0.29) is 31.9 Å². The molecule has 1 aromatic heterocycles. The van der Waals surface area contributed by atoms with Crippen LogP contribution in [0.1, 0.15) is 64.9 Å². The number of rotatable bonds is 9. The lowest BCUT2D eigenvalue weighted by atomic mass is 10.2. The number of alkyl halides is 2. The van der Waals surface area contributed by atoms with Gasteiger partial charge in [0.2, 0.25) is 5.88 Å². The fourth-order valence-electron chi connectivity index (χ4n) is 2.11. The second-order valence-electron chi connectivity index (χ2n) is 8.75. The summed E-state index contributed by atoms with van der Waals surface area (Å²) < 4.78 is 45.6. The van der Waals surface area contributed by atoms with Gasteiger partial charge < -0.3 is 18.9 Å². The van der Waals surface area contributed by atoms with Gasteiger partial charge in [0, 0.05) is 12.8 Å². The Morgan fingerprint density at radius 1 is 0.909 bits per heavy atom. The largest absolute Gasteiger partial charge is 0.476 e. The molecule has 0 bridgehead atoms. The summed E-state index contributed by atoms with van der Waals surface area (Å²) >= 11 is 0. The van der Waals surface area contributed by atoms with Crippen molar-refractivity contribution in [2.24, 2.45) is 0 Å². The van der Waals surface area contributed by atoms with Crippen LogP contribution in [0.3, 0.4) is 0 Å². The van der Waals surface area contributed by atoms with E-state index in [0.29, 0.717) is 4.90 Å². The number of nitrogens with zero attached hydrogens (tertiary/aromatic N) is 3. The quantitative estimate of drug-likeness (QED) is 0.291. The monoisotopic (exact) mass is 475 g/mol. The molecule has 10 nitrogen and oxygen atoms in total. The van der Waals surface area contributed by atoms with Crippen LogP contribution < -0.4 is 9.64 Å². The standard InChI is InChI=1S/C21H31F2N3O7/c1-20(2,3)32-18(28)26(19(29)33-21(4,5)6)16-15(17(27)31-12-8-10-23)24-13-14(25-16)30-11-7-9-22/h13H,7-12H2,1-6H3. The van der Waals surface area contributed by atoms with Gasteiger partial charge in [0.25, 0.3) is 0 Å². The summed E-state index contributed by atoms with van der Waals surface area (Å²) in [5.41, 5.74) is -2.55. The van der Waals surface area contributed by atoms with E-state index >= 15 is 0 Å². The number of halogens is 2. The number of hydrogen-bond acceptors (Lipinski definition) is 9. The van der Waals surface area contributed by atoms with Gasteiger partial charge in [-0.15, -0.1) is 0 Å². The van der Waals surface area contributed by atoms with Crippen molar-refractivity contribution in [3.8, 4) is 5.88 Å². The van der Waals surface area contributed by atoms with Crippen LogP contribution in [-0.2, 0) is 14.2 Å². The van der Waals surface area contributed by atoms with Crippen molar-refractivity contribution >= 4 is 24.0 Å². The van der Waals surface area contributed by atoms with Gasteiger partial charge in [-0.1, -0.05) is 0 Å². The van der Waals surface area contributed by atoms with Crippen LogP contribution >= 0.6 is 0 Å². The third-order valence-corrected chi connectivity index (χ3v) is 3.33. The van der Waals surface area contributed by atoms with E-state index in [1.807, 2.05) is 0 Å². The minimum absolute atomic E-state index is 0.0548. The molecule has 0 saturated carbocycles. The smallest absolute Gasteiger partial charge is 0.425 e. The summed E-state index contributed by atoms with van der Waals surface area (Å²) in [4.78, 5) is 46.8. The normalized spacial score (nSPS) is 11.5. The average molecular weight is 475 g/mol. The number of amides is 2. The summed E-state index contributed by atoms with van der Waals surface area (Å²) in [5, 5.41) is 0. The Bertz CT molecular complexity index is 795. The van der Waals surface area contributed by atoms with E-state index in [0.717, 1.165) is 6.20 Å². The van der Waals surface area contributed by atoms with Crippen LogP contribution in [0.5, 0.6) is 5.88 Å². The lowest BCUT2D eigenvalue weighted by molar-refractivity contribution is 0.0427. The zero-order valence-corrected chi connectivity index (χ0v) is 19.8. The average Bonchev–Trinajstić information content (AvgIpc) is 2.66. The molecule has 2 amide bonds. The Hall–Kier alpha value is -3.05. The highest BCUT2D eigenvalue weighted by molar-refractivity contribution is 6.12. The molecule has 0 saturated heterocycles. The molecule has 1 rings (SSSR count). The predicted molar refractivity (Wildman–Crippen MR) is 114 cm³/mol. The minimum Gasteiger partial charge on any atom is -0.476 e. The van der Waals surface area contributed by atoms with E-state index in [4.69, 9.17) is 18.9 Å². The number of carbonyl (C=O) groups is 3. The molecule has 0 aromatic carbocycles. The zero-order valence-electron chi connectivity index (χ0n) is 19.8. The number of ether oxygens (including phenoxy) is 4. The van der Waals surface area contributed by atoms with Gasteiger partial charge in [-0.05, 0) is 41.5 Å². The van der Waals surface area contributed by atoms with E-state index in [2.05, 4.69) is 9.97 Å². The van der Waals surface area contributed by atoms with Crippen molar-refractivity contribution in [3.63, 3.8) is 0 Å². The molecule has 0 aliphatic heterocycles. The second-order valence-corrected chi connectivity index (χ2v) is 8.75. The van der Waals surface area contributed by atoms with Gasteiger partial charge in [-0.3, -0.25) is 8.78 Å². The van der Waals surface area contributed by atoms with Gasteiger partial charge in [-0.2, -0.15) is 9.88 Å². The van der Waals surface area contributed by atoms with Crippen LogP contribution in [0.25, 0.3) is 0 Å². The van der Waals surface area contributed by atoms with Gasteiger partial charge >= 0.3 is 18.2 Å². The fraction of sp³-hybridized carbons (Fsp3) is 0.667. The summed E-state index contributed by atoms with van der Waals surface area (Å²) in [6.07, 6.45) is -1.32. The lowest BCUT2D eigenvalue weighted by Gasteiger charge is -2.28. The maximum atomic E-state index is 12.9. The van der Waals surface area contributed by atoms with Crippen molar-refractivity contribution in [1.82, 2.24) is 9.97 Å². The highest BCUT2D eigenvalue weighted by Gasteiger charge is 2.37. The van der Waals surface area contributed by atoms with Crippen molar-refractivity contribution in [3.05, 3.63) is 11.9 Å². The Labute approximate surface area is 191 Å². The van der Waals surface area contributed by atoms with E-state index in [1.54, 1.807) is 41.5 Å². The SMILES string of the molecule is CC(C)(C)OC(=O)N(C(=O)OC(C)(C)C)c1nc(OCCCF)cnc1C(=O)OCCCF. The molecule has 0 unspecified atom stereocenters. The lowest BCUT2D eigenvalue weighted by Crippen LogP contribution is -2.45. The van der Waals surface area contributed by atoms with Crippen molar-refractivity contribution in [1.29, 1.82) is 0 Å². The van der Waals surface area contributed by atoms with Gasteiger partial charge in [0.15, 0.2) is 11.5 Å². The summed E-state index contributed by atoms with van der Waals surface area (Å²) in [5.74, 6) is -1.81. The summed E-state index contributed by atoms with van der Waals surface area (Å²) in [6, 6.07) is 0. The van der Waals surface area contributed by atoms with Crippen molar-refractivity contribution in [2.75, 3.05) is 31.5 Å². The van der Waals surface area contributed by atoms with Crippen LogP contribution in [0.15, 0.2) is 6.20 Å². The molecule has 0 aliphatic carbocycles. The number of imide groups is 1. The fourth-order valence-corrected chi connectivity index (χ4v) is 2.11. The maximum absolute atomic E-state index is 12.9. The van der Waals surface area contributed by atoms with Crippen molar-refractivity contribution < 1.29 is 42.1 Å². The number of carbonyl (C=O) groups excluding carboxylic acids is 3. The first kappa shape index (κ1) is 28.0. The predicted octanol–water partition coefficient (Wildman–Crippen LogP) is 4.41. The molecular weight excluding hydrogens is 444 g/mol. The Morgan fingerprint density at radius 2 is 1.42 bits per heavy atom. The van der Waals surface area contributed by atoms with E-state index in [9.17, 15) is 23.2 Å². The Balaban J connectivity index is 3.52. The molecule has 1 aromatic rings. The molecule has 0 spiro atoms. The maximum Gasteiger partial charge on any atom is 0.425 e. The highest BCUT2D eigenvalue weighted by Crippen LogP contribution is 2.25. The molecule has 0 aliphatic rings. The first-order valence-electron chi connectivity index (χ1n) is 10.3. The van der Waals surface area contributed by atoms with Gasteiger partial charge in [-0.25, -0.2) is 19.4 Å². The molecule has 186 valence electrons. The third kappa shape index (κ3) is 9.96. The summed E-state index contributed by atoms with van der Waals surface area (Å²) in [7, 11) is 0. The topological polar surface area (TPSA) is 117 Å². The molecule has 0 atom stereocenters. The molecule has 12 heteroatoms. The van der Waals surface area contributed by atoms with E-state index < -0.39 is 54.2 Å². The van der Waals surface area contributed by atoms with Gasteiger partial charge in [0.1, 0.15) is 11.2 Å². The second kappa shape index (κ2) is 12.3. The first-order chi connectivity index (χ1) is 15.3. The number of aromatic nitrogens is 2. The summed E-state index contributed by atoms with van der Waals surface area (Å²) in [6.45, 7) is 7.78. The molecule has 0 N–H and O–H groups in total. The number of hydrogen-bond donors (Lipinski definition) is 0. The molecule has 33 heavy (non-hydrogen) atoms. The molecule has 1 heterocycles. The highest BCUT2D eigenvalue weighted by atomic mass is 19.1. The van der Waals surface area contributed by atoms with Crippen LogP contribution in [0, 0.1) is 0 Å². The third-order valence-electron chi connectivity index (χ3n) is 3.33. The van der Waals surface area contributed by atoms with Crippen LogP contribution in [-0.4, -0.2) is 65.9 Å². The number of anilines is 1. The number of esters is 1. The molecule has 0 radical (unpaired) electrons. The Kier molecular flexibility index (Phi) is 10.4. The van der Waals surface area contributed by atoms with Gasteiger partial charge in [0.05, 0.1) is 32.8 Å². The molecular formula is C21H31F2N3O7. The zero-order chi connectivity index (χ0) is 25.2. The van der Waals surface area contributed by atoms with Crippen LogP contribution in [0.4, 0.5) is 24.2 Å². The minimum atomic E-state index is -1.19.